The minimum atomic E-state index is -0.340. The molecule has 102 valence electrons. The van der Waals surface area contributed by atoms with Gasteiger partial charge in [0.15, 0.2) is 5.82 Å². The molecule has 0 fully saturated rings. The molecule has 0 radical (unpaired) electrons. The van der Waals surface area contributed by atoms with Gasteiger partial charge in [0.2, 0.25) is 0 Å². The van der Waals surface area contributed by atoms with Gasteiger partial charge in [-0.1, -0.05) is 13.8 Å². The Kier molecular flexibility index (Phi) is 5.15. The fourth-order valence-corrected chi connectivity index (χ4v) is 1.71. The lowest BCUT2D eigenvalue weighted by molar-refractivity contribution is 0.214. The van der Waals surface area contributed by atoms with Gasteiger partial charge in [0.05, 0.1) is 12.6 Å². The zero-order valence-corrected chi connectivity index (χ0v) is 11.4. The number of rotatable bonds is 5. The van der Waals surface area contributed by atoms with Gasteiger partial charge in [0, 0.05) is 18.8 Å². The lowest BCUT2D eigenvalue weighted by atomic mass is 10.0. The van der Waals surface area contributed by atoms with Gasteiger partial charge in [-0.3, -0.25) is 10.00 Å². The van der Waals surface area contributed by atoms with Crippen molar-refractivity contribution >= 4 is 11.8 Å². The van der Waals surface area contributed by atoms with Gasteiger partial charge < -0.3 is 10.4 Å². The summed E-state index contributed by atoms with van der Waals surface area (Å²) in [6, 6.07) is 1.22. The Balaban J connectivity index is 2.50. The molecule has 0 aliphatic carbocycles. The summed E-state index contributed by atoms with van der Waals surface area (Å²) in [5.74, 6) is 0.924. The number of hydrogen-bond acceptors (Lipinski definition) is 3. The predicted octanol–water partition coefficient (Wildman–Crippen LogP) is 1.26. The van der Waals surface area contributed by atoms with Gasteiger partial charge in [-0.25, -0.2) is 4.79 Å². The highest BCUT2D eigenvalue weighted by Gasteiger charge is 2.13. The van der Waals surface area contributed by atoms with Crippen LogP contribution in [0.3, 0.4) is 0 Å². The fraction of sp³-hybridized carbons (Fsp3) is 0.667. The Morgan fingerprint density at radius 2 is 2.22 bits per heavy atom. The average Bonchev–Trinajstić information content (AvgIpc) is 2.56. The first-order valence-corrected chi connectivity index (χ1v) is 6.11. The first-order chi connectivity index (χ1) is 8.42. The SMILES string of the molecule is Cc1cc(NC(=O)NC(CO)CC(C)C)nn1C. The van der Waals surface area contributed by atoms with Crippen LogP contribution in [0.1, 0.15) is 26.0 Å². The number of nitrogens with one attached hydrogen (secondary N) is 2. The Hall–Kier alpha value is -1.56. The number of urea groups is 1. The lowest BCUT2D eigenvalue weighted by Crippen LogP contribution is -2.41. The van der Waals surface area contributed by atoms with Crippen molar-refractivity contribution in [2.24, 2.45) is 13.0 Å². The number of aromatic nitrogens is 2. The van der Waals surface area contributed by atoms with E-state index in [4.69, 9.17) is 0 Å². The summed E-state index contributed by atoms with van der Waals surface area (Å²) < 4.78 is 1.69. The molecule has 1 rings (SSSR count). The molecular formula is C12H22N4O2. The van der Waals surface area contributed by atoms with Crippen molar-refractivity contribution in [3.63, 3.8) is 0 Å². The summed E-state index contributed by atoms with van der Waals surface area (Å²) >= 11 is 0. The number of nitrogens with zero attached hydrogens (tertiary/aromatic N) is 2. The van der Waals surface area contributed by atoms with E-state index in [0.717, 1.165) is 12.1 Å². The molecule has 18 heavy (non-hydrogen) atoms. The number of aliphatic hydroxyl groups excluding tert-OH is 1. The number of aliphatic hydroxyl groups is 1. The van der Waals surface area contributed by atoms with E-state index in [9.17, 15) is 9.90 Å². The molecule has 0 aliphatic heterocycles. The van der Waals surface area contributed by atoms with Crippen LogP contribution in [0.25, 0.3) is 0 Å². The van der Waals surface area contributed by atoms with Crippen LogP contribution in [-0.4, -0.2) is 33.6 Å². The molecule has 1 unspecified atom stereocenters. The maximum Gasteiger partial charge on any atom is 0.320 e. The highest BCUT2D eigenvalue weighted by atomic mass is 16.3. The summed E-state index contributed by atoms with van der Waals surface area (Å²) in [4.78, 5) is 11.7. The van der Waals surface area contributed by atoms with Crippen molar-refractivity contribution in [3.05, 3.63) is 11.8 Å². The van der Waals surface area contributed by atoms with Crippen LogP contribution in [0.4, 0.5) is 10.6 Å². The van der Waals surface area contributed by atoms with E-state index in [1.165, 1.54) is 0 Å². The Morgan fingerprint density at radius 1 is 1.56 bits per heavy atom. The van der Waals surface area contributed by atoms with Gasteiger partial charge in [-0.15, -0.1) is 0 Å². The van der Waals surface area contributed by atoms with E-state index >= 15 is 0 Å². The first kappa shape index (κ1) is 14.5. The van der Waals surface area contributed by atoms with Crippen LogP contribution in [0.2, 0.25) is 0 Å². The smallest absolute Gasteiger partial charge is 0.320 e. The number of hydrogen-bond donors (Lipinski definition) is 3. The lowest BCUT2D eigenvalue weighted by Gasteiger charge is -2.18. The van der Waals surface area contributed by atoms with Crippen LogP contribution in [0.15, 0.2) is 6.07 Å². The highest BCUT2D eigenvalue weighted by Crippen LogP contribution is 2.07. The Morgan fingerprint density at radius 3 is 2.67 bits per heavy atom. The van der Waals surface area contributed by atoms with Crippen molar-refractivity contribution in [1.29, 1.82) is 0 Å². The largest absolute Gasteiger partial charge is 0.394 e. The number of aryl methyl sites for hydroxylation is 2. The predicted molar refractivity (Wildman–Crippen MR) is 70.4 cm³/mol. The van der Waals surface area contributed by atoms with Crippen molar-refractivity contribution in [2.45, 2.75) is 33.2 Å². The zero-order valence-electron chi connectivity index (χ0n) is 11.4. The molecule has 0 saturated carbocycles. The molecule has 1 aromatic heterocycles. The van der Waals surface area contributed by atoms with Crippen LogP contribution in [0.5, 0.6) is 0 Å². The molecule has 1 heterocycles. The third-order valence-corrected chi connectivity index (χ3v) is 2.67. The van der Waals surface area contributed by atoms with Crippen molar-refractivity contribution in [1.82, 2.24) is 15.1 Å². The maximum atomic E-state index is 11.7. The number of amides is 2. The summed E-state index contributed by atoms with van der Waals surface area (Å²) in [5, 5.41) is 18.7. The third-order valence-electron chi connectivity index (χ3n) is 2.67. The maximum absolute atomic E-state index is 11.7. The second-order valence-corrected chi connectivity index (χ2v) is 4.90. The molecule has 1 aromatic rings. The topological polar surface area (TPSA) is 79.2 Å². The third kappa shape index (κ3) is 4.37. The molecule has 0 bridgehead atoms. The number of carbonyl (C=O) groups is 1. The van der Waals surface area contributed by atoms with Gasteiger partial charge >= 0.3 is 6.03 Å². The van der Waals surface area contributed by atoms with Crippen molar-refractivity contribution < 1.29 is 9.90 Å². The van der Waals surface area contributed by atoms with E-state index in [2.05, 4.69) is 15.7 Å². The normalized spacial score (nSPS) is 12.6. The van der Waals surface area contributed by atoms with Gasteiger partial charge in [-0.05, 0) is 19.3 Å². The molecule has 0 aliphatic rings. The molecule has 0 saturated heterocycles. The number of carbonyl (C=O) groups excluding carboxylic acids is 1. The first-order valence-electron chi connectivity index (χ1n) is 6.11. The van der Waals surface area contributed by atoms with E-state index in [1.807, 2.05) is 27.8 Å². The summed E-state index contributed by atoms with van der Waals surface area (Å²) in [7, 11) is 1.81. The summed E-state index contributed by atoms with van der Waals surface area (Å²) in [6.07, 6.45) is 0.741. The van der Waals surface area contributed by atoms with E-state index in [-0.39, 0.29) is 18.7 Å². The minimum Gasteiger partial charge on any atom is -0.394 e. The van der Waals surface area contributed by atoms with Gasteiger partial charge in [-0.2, -0.15) is 5.10 Å². The fourth-order valence-electron chi connectivity index (χ4n) is 1.71. The minimum absolute atomic E-state index is 0.0627. The molecule has 1 atom stereocenters. The van der Waals surface area contributed by atoms with Crippen molar-refractivity contribution in [2.75, 3.05) is 11.9 Å². The van der Waals surface area contributed by atoms with E-state index in [0.29, 0.717) is 11.7 Å². The molecule has 6 nitrogen and oxygen atoms in total. The van der Waals surface area contributed by atoms with Gasteiger partial charge in [0.1, 0.15) is 0 Å². The summed E-state index contributed by atoms with van der Waals surface area (Å²) in [5.41, 5.74) is 0.964. The highest BCUT2D eigenvalue weighted by molar-refractivity contribution is 5.88. The van der Waals surface area contributed by atoms with Gasteiger partial charge in [0.25, 0.3) is 0 Å². The molecule has 6 heteroatoms. The Bertz CT molecular complexity index is 381. The number of anilines is 1. The average molecular weight is 254 g/mol. The van der Waals surface area contributed by atoms with Crippen LogP contribution in [-0.2, 0) is 7.05 Å². The quantitative estimate of drug-likeness (QED) is 0.740. The molecule has 0 spiro atoms. The second-order valence-electron chi connectivity index (χ2n) is 4.90. The zero-order chi connectivity index (χ0) is 13.7. The summed E-state index contributed by atoms with van der Waals surface area (Å²) in [6.45, 7) is 5.94. The molecular weight excluding hydrogens is 232 g/mol. The molecule has 3 N–H and O–H groups in total. The Labute approximate surface area is 107 Å². The van der Waals surface area contributed by atoms with Crippen molar-refractivity contribution in [3.8, 4) is 0 Å². The molecule has 2 amide bonds. The standard InChI is InChI=1S/C12H22N4O2/c1-8(2)5-10(7-17)13-12(18)14-11-6-9(3)16(4)15-11/h6,8,10,17H,5,7H2,1-4H3,(H2,13,14,15,18). The van der Waals surface area contributed by atoms with E-state index < -0.39 is 0 Å². The molecule has 0 aromatic carbocycles. The van der Waals surface area contributed by atoms with E-state index in [1.54, 1.807) is 10.7 Å². The second kappa shape index (κ2) is 6.39. The van der Waals surface area contributed by atoms with Crippen LogP contribution in [0, 0.1) is 12.8 Å². The van der Waals surface area contributed by atoms with Crippen LogP contribution >= 0.6 is 0 Å². The van der Waals surface area contributed by atoms with Crippen LogP contribution < -0.4 is 10.6 Å². The monoisotopic (exact) mass is 254 g/mol.